The van der Waals surface area contributed by atoms with Crippen molar-refractivity contribution in [3.8, 4) is 0 Å². The fourth-order valence-corrected chi connectivity index (χ4v) is 3.78. The van der Waals surface area contributed by atoms with Crippen LogP contribution in [0.15, 0.2) is 35.4 Å². The summed E-state index contributed by atoms with van der Waals surface area (Å²) in [5.41, 5.74) is 1.55. The molecule has 0 N–H and O–H groups in total. The molecular weight excluding hydrogens is 346 g/mol. The van der Waals surface area contributed by atoms with Gasteiger partial charge in [0.15, 0.2) is 0 Å². The number of carbonyl (C=O) groups is 1. The van der Waals surface area contributed by atoms with Gasteiger partial charge in [0.1, 0.15) is 4.83 Å². The van der Waals surface area contributed by atoms with Gasteiger partial charge in [-0.1, -0.05) is 23.7 Å². The third-order valence-corrected chi connectivity index (χ3v) is 5.32. The number of nitrogens with zero attached hydrogens (tertiary/aromatic N) is 3. The number of halogens is 1. The van der Waals surface area contributed by atoms with E-state index in [1.807, 2.05) is 12.1 Å². The predicted octanol–water partition coefficient (Wildman–Crippen LogP) is 3.23. The second kappa shape index (κ2) is 6.37. The second-order valence-electron chi connectivity index (χ2n) is 5.68. The Hall–Kier alpha value is -2.18. The number of aromatic nitrogens is 2. The van der Waals surface area contributed by atoms with Gasteiger partial charge in [-0.3, -0.25) is 9.59 Å². The summed E-state index contributed by atoms with van der Waals surface area (Å²) in [6.45, 7) is 2.26. The smallest absolute Gasteiger partial charge is 0.264 e. The molecule has 0 spiro atoms. The topological polar surface area (TPSA) is 55.2 Å². The molecule has 124 valence electrons. The van der Waals surface area contributed by atoms with Crippen molar-refractivity contribution in [3.05, 3.63) is 62.0 Å². The van der Waals surface area contributed by atoms with Crippen LogP contribution in [0.1, 0.15) is 20.8 Å². The van der Waals surface area contributed by atoms with Crippen LogP contribution in [0, 0.1) is 6.92 Å². The summed E-state index contributed by atoms with van der Waals surface area (Å²) >= 11 is 7.14. The number of amides is 1. The highest BCUT2D eigenvalue weighted by atomic mass is 35.5. The molecule has 2 aromatic heterocycles. The lowest BCUT2D eigenvalue weighted by Crippen LogP contribution is -2.26. The summed E-state index contributed by atoms with van der Waals surface area (Å²) < 4.78 is 1.42. The lowest BCUT2D eigenvalue weighted by atomic mass is 10.2. The highest BCUT2D eigenvalue weighted by Gasteiger charge is 2.21. The van der Waals surface area contributed by atoms with Crippen LogP contribution in [0.25, 0.3) is 10.2 Å². The van der Waals surface area contributed by atoms with Gasteiger partial charge in [0.25, 0.3) is 11.5 Å². The Kier molecular flexibility index (Phi) is 4.43. The van der Waals surface area contributed by atoms with Crippen LogP contribution in [0.5, 0.6) is 0 Å². The molecule has 5 nitrogen and oxygen atoms in total. The molecule has 0 aliphatic carbocycles. The first-order valence-corrected chi connectivity index (χ1v) is 8.52. The second-order valence-corrected chi connectivity index (χ2v) is 7.12. The molecule has 0 atom stereocenters. The minimum atomic E-state index is -0.131. The molecule has 0 radical (unpaired) electrons. The zero-order chi connectivity index (χ0) is 17.4. The van der Waals surface area contributed by atoms with Gasteiger partial charge in [-0.25, -0.2) is 4.98 Å². The number of fused-ring (bicyclic) bond motifs is 1. The van der Waals surface area contributed by atoms with E-state index < -0.39 is 0 Å². The van der Waals surface area contributed by atoms with Crippen LogP contribution in [0.3, 0.4) is 0 Å². The van der Waals surface area contributed by atoms with E-state index in [-0.39, 0.29) is 11.5 Å². The highest BCUT2D eigenvalue weighted by Crippen LogP contribution is 2.28. The Morgan fingerprint density at radius 2 is 2.00 bits per heavy atom. The standard InChI is InChI=1S/C17H16ClN3O2S/c1-10-13-15(19-9-21(3)16(13)22)24-14(10)17(23)20(2)8-11-4-6-12(18)7-5-11/h4-7,9H,8H2,1-3H3. The molecule has 0 fully saturated rings. The first-order valence-electron chi connectivity index (χ1n) is 7.33. The van der Waals surface area contributed by atoms with Crippen molar-refractivity contribution in [2.24, 2.45) is 7.05 Å². The molecule has 1 amide bonds. The van der Waals surface area contributed by atoms with Crippen molar-refractivity contribution < 1.29 is 4.79 Å². The van der Waals surface area contributed by atoms with E-state index in [9.17, 15) is 9.59 Å². The Balaban J connectivity index is 1.93. The van der Waals surface area contributed by atoms with E-state index in [1.54, 1.807) is 38.1 Å². The fraction of sp³-hybridized carbons (Fsp3) is 0.235. The summed E-state index contributed by atoms with van der Waals surface area (Å²) in [5.74, 6) is -0.118. The van der Waals surface area contributed by atoms with E-state index in [0.29, 0.717) is 32.2 Å². The zero-order valence-electron chi connectivity index (χ0n) is 13.5. The number of rotatable bonds is 3. The average molecular weight is 362 g/mol. The first-order chi connectivity index (χ1) is 11.4. The molecule has 3 aromatic rings. The van der Waals surface area contributed by atoms with Crippen molar-refractivity contribution in [1.82, 2.24) is 14.5 Å². The van der Waals surface area contributed by atoms with Crippen LogP contribution in [0.2, 0.25) is 5.02 Å². The number of carbonyl (C=O) groups excluding carboxylic acids is 1. The van der Waals surface area contributed by atoms with E-state index in [2.05, 4.69) is 4.98 Å². The van der Waals surface area contributed by atoms with Gasteiger partial charge >= 0.3 is 0 Å². The maximum atomic E-state index is 12.8. The van der Waals surface area contributed by atoms with Crippen molar-refractivity contribution in [3.63, 3.8) is 0 Å². The first kappa shape index (κ1) is 16.7. The van der Waals surface area contributed by atoms with Crippen LogP contribution >= 0.6 is 22.9 Å². The molecule has 0 unspecified atom stereocenters. The van der Waals surface area contributed by atoms with Crippen molar-refractivity contribution in [2.75, 3.05) is 7.05 Å². The van der Waals surface area contributed by atoms with Crippen molar-refractivity contribution in [1.29, 1.82) is 0 Å². The molecule has 0 aliphatic heterocycles. The van der Waals surface area contributed by atoms with Gasteiger partial charge in [0.05, 0.1) is 16.6 Å². The molecule has 7 heteroatoms. The highest BCUT2D eigenvalue weighted by molar-refractivity contribution is 7.20. The van der Waals surface area contributed by atoms with E-state index in [4.69, 9.17) is 11.6 Å². The van der Waals surface area contributed by atoms with Gasteiger partial charge in [0, 0.05) is 25.7 Å². The molecular formula is C17H16ClN3O2S. The minimum absolute atomic E-state index is 0.118. The monoisotopic (exact) mass is 361 g/mol. The number of benzene rings is 1. The van der Waals surface area contributed by atoms with E-state index in [1.165, 1.54) is 22.2 Å². The Bertz CT molecular complexity index is 976. The third-order valence-electron chi connectivity index (χ3n) is 3.88. The largest absolute Gasteiger partial charge is 0.337 e. The Morgan fingerprint density at radius 3 is 2.67 bits per heavy atom. The SMILES string of the molecule is Cc1c(C(=O)N(C)Cc2ccc(Cl)cc2)sc2ncn(C)c(=O)c12. The minimum Gasteiger partial charge on any atom is -0.337 e. The maximum Gasteiger partial charge on any atom is 0.264 e. The van der Waals surface area contributed by atoms with Crippen molar-refractivity contribution >= 4 is 39.1 Å². The van der Waals surface area contributed by atoms with Crippen LogP contribution < -0.4 is 5.56 Å². The number of aryl methyl sites for hydroxylation is 2. The fourth-order valence-electron chi connectivity index (χ4n) is 2.52. The number of hydrogen-bond donors (Lipinski definition) is 0. The molecule has 1 aromatic carbocycles. The summed E-state index contributed by atoms with van der Waals surface area (Å²) in [6.07, 6.45) is 1.48. The summed E-state index contributed by atoms with van der Waals surface area (Å²) in [7, 11) is 3.40. The van der Waals surface area contributed by atoms with Crippen LogP contribution in [0.4, 0.5) is 0 Å². The van der Waals surface area contributed by atoms with Gasteiger partial charge in [-0.2, -0.15) is 0 Å². The van der Waals surface area contributed by atoms with Crippen LogP contribution in [-0.2, 0) is 13.6 Å². The molecule has 0 saturated carbocycles. The maximum absolute atomic E-state index is 12.8. The lowest BCUT2D eigenvalue weighted by Gasteiger charge is -2.17. The average Bonchev–Trinajstić information content (AvgIpc) is 2.90. The predicted molar refractivity (Wildman–Crippen MR) is 96.8 cm³/mol. The van der Waals surface area contributed by atoms with E-state index in [0.717, 1.165) is 5.56 Å². The molecule has 24 heavy (non-hydrogen) atoms. The van der Waals surface area contributed by atoms with Gasteiger partial charge < -0.3 is 9.47 Å². The van der Waals surface area contributed by atoms with Crippen LogP contribution in [-0.4, -0.2) is 27.4 Å². The Morgan fingerprint density at radius 1 is 1.33 bits per heavy atom. The number of thiophene rings is 1. The zero-order valence-corrected chi connectivity index (χ0v) is 15.1. The third kappa shape index (κ3) is 2.95. The lowest BCUT2D eigenvalue weighted by molar-refractivity contribution is 0.0789. The molecule has 0 saturated heterocycles. The van der Waals surface area contributed by atoms with Gasteiger partial charge in [-0.15, -0.1) is 11.3 Å². The van der Waals surface area contributed by atoms with E-state index >= 15 is 0 Å². The molecule has 3 rings (SSSR count). The summed E-state index contributed by atoms with van der Waals surface area (Å²) in [6, 6.07) is 7.38. The molecule has 2 heterocycles. The quantitative estimate of drug-likeness (QED) is 0.719. The van der Waals surface area contributed by atoms with Gasteiger partial charge in [-0.05, 0) is 30.2 Å². The normalized spacial score (nSPS) is 11.0. The Labute approximate surface area is 148 Å². The summed E-state index contributed by atoms with van der Waals surface area (Å²) in [4.78, 5) is 32.1. The van der Waals surface area contributed by atoms with Crippen molar-refractivity contribution in [2.45, 2.75) is 13.5 Å². The number of hydrogen-bond acceptors (Lipinski definition) is 4. The van der Waals surface area contributed by atoms with Gasteiger partial charge in [0.2, 0.25) is 0 Å². The summed E-state index contributed by atoms with van der Waals surface area (Å²) in [5, 5.41) is 1.18. The molecule has 0 bridgehead atoms. The molecule has 0 aliphatic rings.